The second-order valence-electron chi connectivity index (χ2n) is 6.00. The van der Waals surface area contributed by atoms with Crippen LogP contribution in [0.4, 0.5) is 0 Å². The number of nitrogens with one attached hydrogen (secondary N) is 1. The van der Waals surface area contributed by atoms with E-state index in [9.17, 15) is 0 Å². The number of nitrogens with zero attached hydrogens (tertiary/aromatic N) is 2. The van der Waals surface area contributed by atoms with Crippen molar-refractivity contribution in [2.75, 3.05) is 13.6 Å². The van der Waals surface area contributed by atoms with Crippen molar-refractivity contribution in [3.05, 3.63) is 78.0 Å². The molecule has 3 aromatic rings. The first-order chi connectivity index (χ1) is 12.3. The molecular weight excluding hydrogens is 310 g/mol. The summed E-state index contributed by atoms with van der Waals surface area (Å²) >= 11 is 0. The van der Waals surface area contributed by atoms with Crippen LogP contribution in [-0.2, 0) is 0 Å². The molecule has 0 fully saturated rings. The minimum Gasteiger partial charge on any atom is -0.486 e. The zero-order valence-electron chi connectivity index (χ0n) is 14.6. The van der Waals surface area contributed by atoms with Crippen LogP contribution in [0.3, 0.4) is 0 Å². The molecule has 128 valence electrons. The fourth-order valence-electron chi connectivity index (χ4n) is 2.68. The van der Waals surface area contributed by atoms with E-state index >= 15 is 0 Å². The van der Waals surface area contributed by atoms with E-state index in [-0.39, 0.29) is 6.10 Å². The fourth-order valence-corrected chi connectivity index (χ4v) is 2.68. The van der Waals surface area contributed by atoms with Crippen molar-refractivity contribution in [1.82, 2.24) is 15.5 Å². The van der Waals surface area contributed by atoms with Crippen LogP contribution in [0.5, 0.6) is 5.75 Å². The first kappa shape index (κ1) is 17.1. The third-order valence-electron chi connectivity index (χ3n) is 4.03. The van der Waals surface area contributed by atoms with Gasteiger partial charge in [-0.3, -0.25) is 0 Å². The molecule has 0 radical (unpaired) electrons. The molecular formula is C21H23N3O. The summed E-state index contributed by atoms with van der Waals surface area (Å²) in [6.07, 6.45) is 0.905. The van der Waals surface area contributed by atoms with Gasteiger partial charge in [-0.15, -0.1) is 0 Å². The lowest BCUT2D eigenvalue weighted by atomic mass is 10.1. The Labute approximate surface area is 148 Å². The Bertz CT molecular complexity index is 788. The first-order valence-electron chi connectivity index (χ1n) is 8.53. The lowest BCUT2D eigenvalue weighted by Crippen LogP contribution is -2.16. The molecule has 0 saturated carbocycles. The number of ether oxygens (including phenoxy) is 1. The van der Waals surface area contributed by atoms with Crippen molar-refractivity contribution in [1.29, 1.82) is 0 Å². The Morgan fingerprint density at radius 2 is 1.80 bits per heavy atom. The van der Waals surface area contributed by atoms with Crippen molar-refractivity contribution in [2.24, 2.45) is 0 Å². The van der Waals surface area contributed by atoms with Crippen molar-refractivity contribution in [3.8, 4) is 17.0 Å². The Hall–Kier alpha value is -2.72. The van der Waals surface area contributed by atoms with Gasteiger partial charge in [-0.2, -0.15) is 10.2 Å². The van der Waals surface area contributed by atoms with Gasteiger partial charge in [0, 0.05) is 12.0 Å². The van der Waals surface area contributed by atoms with Gasteiger partial charge in [-0.05, 0) is 50.3 Å². The number of aryl methyl sites for hydroxylation is 1. The molecule has 0 bridgehead atoms. The summed E-state index contributed by atoms with van der Waals surface area (Å²) < 4.78 is 6.30. The third kappa shape index (κ3) is 4.64. The average Bonchev–Trinajstić information content (AvgIpc) is 2.66. The van der Waals surface area contributed by atoms with Gasteiger partial charge in [0.05, 0.1) is 11.4 Å². The lowest BCUT2D eigenvalue weighted by Gasteiger charge is -2.20. The van der Waals surface area contributed by atoms with E-state index in [0.717, 1.165) is 35.7 Å². The monoisotopic (exact) mass is 333 g/mol. The summed E-state index contributed by atoms with van der Waals surface area (Å²) in [6.45, 7) is 2.82. The average molecular weight is 333 g/mol. The van der Waals surface area contributed by atoms with E-state index in [1.165, 1.54) is 5.56 Å². The highest BCUT2D eigenvalue weighted by Crippen LogP contribution is 2.28. The molecule has 0 spiro atoms. The van der Waals surface area contributed by atoms with Gasteiger partial charge in [0.1, 0.15) is 11.9 Å². The van der Waals surface area contributed by atoms with Crippen LogP contribution in [0.25, 0.3) is 11.3 Å². The van der Waals surface area contributed by atoms with E-state index < -0.39 is 0 Å². The molecule has 1 aromatic heterocycles. The molecule has 2 aromatic carbocycles. The molecule has 0 aliphatic rings. The summed E-state index contributed by atoms with van der Waals surface area (Å²) in [4.78, 5) is 0. The lowest BCUT2D eigenvalue weighted by molar-refractivity contribution is 0.195. The highest BCUT2D eigenvalue weighted by molar-refractivity contribution is 5.60. The topological polar surface area (TPSA) is 47.0 Å². The van der Waals surface area contributed by atoms with Gasteiger partial charge in [-0.25, -0.2) is 0 Å². The molecule has 3 rings (SSSR count). The maximum Gasteiger partial charge on any atom is 0.125 e. The predicted molar refractivity (Wildman–Crippen MR) is 101 cm³/mol. The van der Waals surface area contributed by atoms with Crippen LogP contribution in [0, 0.1) is 6.92 Å². The van der Waals surface area contributed by atoms with Gasteiger partial charge in [0.2, 0.25) is 0 Å². The second kappa shape index (κ2) is 8.40. The summed E-state index contributed by atoms with van der Waals surface area (Å²) in [5.41, 5.74) is 3.94. The first-order valence-corrected chi connectivity index (χ1v) is 8.53. The quantitative estimate of drug-likeness (QED) is 0.704. The van der Waals surface area contributed by atoms with E-state index in [2.05, 4.69) is 27.6 Å². The van der Waals surface area contributed by atoms with E-state index in [0.29, 0.717) is 0 Å². The zero-order valence-corrected chi connectivity index (χ0v) is 14.6. The maximum atomic E-state index is 6.30. The Balaban J connectivity index is 1.82. The molecule has 0 saturated heterocycles. The van der Waals surface area contributed by atoms with Crippen LogP contribution >= 0.6 is 0 Å². The molecule has 0 aliphatic carbocycles. The second-order valence-corrected chi connectivity index (χ2v) is 6.00. The largest absolute Gasteiger partial charge is 0.486 e. The Morgan fingerprint density at radius 1 is 0.960 bits per heavy atom. The van der Waals surface area contributed by atoms with Crippen molar-refractivity contribution >= 4 is 0 Å². The number of hydrogen-bond donors (Lipinski definition) is 1. The van der Waals surface area contributed by atoms with Crippen LogP contribution in [0.15, 0.2) is 66.7 Å². The maximum absolute atomic E-state index is 6.30. The SMILES string of the molecule is CNCCC(Oc1cccc(-c2ccc(C)nn2)c1)c1ccccc1. The van der Waals surface area contributed by atoms with Gasteiger partial charge in [0.15, 0.2) is 0 Å². The van der Waals surface area contributed by atoms with E-state index in [4.69, 9.17) is 4.74 Å². The molecule has 4 nitrogen and oxygen atoms in total. The molecule has 1 unspecified atom stereocenters. The molecule has 1 N–H and O–H groups in total. The minimum atomic E-state index is 0.00741. The molecule has 0 amide bonds. The zero-order chi connectivity index (χ0) is 17.5. The van der Waals surface area contributed by atoms with Crippen LogP contribution in [0.1, 0.15) is 23.8 Å². The van der Waals surface area contributed by atoms with E-state index in [1.54, 1.807) is 0 Å². The number of rotatable bonds is 7. The van der Waals surface area contributed by atoms with Gasteiger partial charge >= 0.3 is 0 Å². The van der Waals surface area contributed by atoms with Crippen LogP contribution in [-0.4, -0.2) is 23.8 Å². The Morgan fingerprint density at radius 3 is 2.52 bits per heavy atom. The standard InChI is InChI=1S/C21H23N3O/c1-16-11-12-20(24-23-16)18-9-6-10-19(15-18)25-21(13-14-22-2)17-7-4-3-5-8-17/h3-12,15,21-22H,13-14H2,1-2H3. The van der Waals surface area contributed by atoms with Crippen LogP contribution in [0.2, 0.25) is 0 Å². The Kier molecular flexibility index (Phi) is 5.75. The molecule has 0 aliphatic heterocycles. The molecule has 25 heavy (non-hydrogen) atoms. The predicted octanol–water partition coefficient (Wildman–Crippen LogP) is 4.18. The highest BCUT2D eigenvalue weighted by Gasteiger charge is 2.13. The molecule has 1 heterocycles. The minimum absolute atomic E-state index is 0.00741. The summed E-state index contributed by atoms with van der Waals surface area (Å²) in [6, 6.07) is 22.3. The normalized spacial score (nSPS) is 11.9. The summed E-state index contributed by atoms with van der Waals surface area (Å²) in [5.74, 6) is 0.838. The summed E-state index contributed by atoms with van der Waals surface area (Å²) in [7, 11) is 1.96. The van der Waals surface area contributed by atoms with Crippen molar-refractivity contribution < 1.29 is 4.74 Å². The number of benzene rings is 2. The van der Waals surface area contributed by atoms with E-state index in [1.807, 2.05) is 68.6 Å². The van der Waals surface area contributed by atoms with Crippen molar-refractivity contribution in [2.45, 2.75) is 19.4 Å². The number of hydrogen-bond acceptors (Lipinski definition) is 4. The summed E-state index contributed by atoms with van der Waals surface area (Å²) in [5, 5.41) is 11.6. The number of aromatic nitrogens is 2. The van der Waals surface area contributed by atoms with Crippen molar-refractivity contribution in [3.63, 3.8) is 0 Å². The van der Waals surface area contributed by atoms with Gasteiger partial charge in [-0.1, -0.05) is 42.5 Å². The van der Waals surface area contributed by atoms with Crippen LogP contribution < -0.4 is 10.1 Å². The molecule has 4 heteroatoms. The van der Waals surface area contributed by atoms with Gasteiger partial charge in [0.25, 0.3) is 0 Å². The highest BCUT2D eigenvalue weighted by atomic mass is 16.5. The smallest absolute Gasteiger partial charge is 0.125 e. The molecule has 1 atom stereocenters. The van der Waals surface area contributed by atoms with Gasteiger partial charge < -0.3 is 10.1 Å². The fraction of sp³-hybridized carbons (Fsp3) is 0.238. The third-order valence-corrected chi connectivity index (χ3v) is 4.03.